The molecule has 10 heteroatoms. The van der Waals surface area contributed by atoms with Crippen LogP contribution in [-0.4, -0.2) is 35.1 Å². The van der Waals surface area contributed by atoms with E-state index < -0.39 is 11.6 Å². The van der Waals surface area contributed by atoms with Gasteiger partial charge in [0.15, 0.2) is 5.82 Å². The van der Waals surface area contributed by atoms with E-state index >= 15 is 0 Å². The summed E-state index contributed by atoms with van der Waals surface area (Å²) in [6, 6.07) is 9.33. The third kappa shape index (κ3) is 4.62. The molecule has 0 spiro atoms. The van der Waals surface area contributed by atoms with E-state index in [4.69, 9.17) is 0 Å². The zero-order valence-corrected chi connectivity index (χ0v) is 16.9. The molecule has 5 rings (SSSR count). The molecule has 0 amide bonds. The van der Waals surface area contributed by atoms with E-state index in [1.165, 1.54) is 12.1 Å². The molecule has 5 aromatic rings. The molecular formula is C23H14F2N8. The van der Waals surface area contributed by atoms with Crippen molar-refractivity contribution < 1.29 is 8.78 Å². The van der Waals surface area contributed by atoms with Gasteiger partial charge in [0, 0.05) is 23.3 Å². The molecule has 0 saturated carbocycles. The molecule has 0 unspecified atom stereocenters. The Morgan fingerprint density at radius 1 is 0.909 bits per heavy atom. The quantitative estimate of drug-likeness (QED) is 0.412. The molecule has 0 fully saturated rings. The van der Waals surface area contributed by atoms with Crippen LogP contribution in [0.4, 0.5) is 14.7 Å². The zero-order chi connectivity index (χ0) is 22.6. The average molecular weight is 440 g/mol. The minimum Gasteiger partial charge on any atom is -0.349 e. The summed E-state index contributed by atoms with van der Waals surface area (Å²) in [7, 11) is 0. The number of anilines is 1. The highest BCUT2D eigenvalue weighted by molar-refractivity contribution is 5.80. The molecule has 0 aliphatic carbocycles. The molecule has 2 N–H and O–H groups in total. The molecule has 4 heterocycles. The second-order valence-electron chi connectivity index (χ2n) is 6.89. The number of pyridine rings is 1. The van der Waals surface area contributed by atoms with Gasteiger partial charge in [-0.1, -0.05) is 5.92 Å². The molecule has 0 aliphatic heterocycles. The second kappa shape index (κ2) is 8.76. The van der Waals surface area contributed by atoms with Crippen molar-refractivity contribution in [1.82, 2.24) is 35.1 Å². The molecule has 4 aromatic heterocycles. The standard InChI is InChI=1S/C23H14F2N8/c24-16-2-4-18(28-12-16)13-29-23-27-8-6-20(32-23)22-26-7-5-17(31-22)3-1-14-9-15-11-30-33-21(15)19(25)10-14/h2,4-12H,13H2,(H,30,33)(H,27,29,32). The normalized spacial score (nSPS) is 10.6. The number of hydrogen-bond acceptors (Lipinski definition) is 7. The fourth-order valence-corrected chi connectivity index (χ4v) is 3.02. The Hall–Kier alpha value is -4.78. The van der Waals surface area contributed by atoms with Crippen molar-refractivity contribution in [3.05, 3.63) is 89.8 Å². The van der Waals surface area contributed by atoms with E-state index in [9.17, 15) is 8.78 Å². The Morgan fingerprint density at radius 2 is 1.82 bits per heavy atom. The van der Waals surface area contributed by atoms with E-state index in [0.717, 1.165) is 6.20 Å². The van der Waals surface area contributed by atoms with Gasteiger partial charge in [-0.05, 0) is 42.3 Å². The molecule has 8 nitrogen and oxygen atoms in total. The maximum absolute atomic E-state index is 14.1. The molecule has 0 aliphatic rings. The van der Waals surface area contributed by atoms with E-state index in [1.54, 1.807) is 42.9 Å². The maximum atomic E-state index is 14.1. The first-order valence-electron chi connectivity index (χ1n) is 9.79. The Kier molecular flexibility index (Phi) is 5.35. The Labute approximate surface area is 186 Å². The smallest absolute Gasteiger partial charge is 0.223 e. The van der Waals surface area contributed by atoms with Crippen LogP contribution in [0.1, 0.15) is 17.0 Å². The predicted octanol–water partition coefficient (Wildman–Crippen LogP) is 3.50. The lowest BCUT2D eigenvalue weighted by Crippen LogP contribution is -2.06. The minimum atomic E-state index is -0.422. The van der Waals surface area contributed by atoms with Crippen molar-refractivity contribution in [2.45, 2.75) is 6.54 Å². The summed E-state index contributed by atoms with van der Waals surface area (Å²) in [5, 5.41) is 10.1. The first-order chi connectivity index (χ1) is 16.1. The summed E-state index contributed by atoms with van der Waals surface area (Å²) < 4.78 is 27.1. The van der Waals surface area contributed by atoms with Crippen LogP contribution in [0.15, 0.2) is 61.2 Å². The topological polar surface area (TPSA) is 105 Å². The third-order valence-corrected chi connectivity index (χ3v) is 4.59. The zero-order valence-electron chi connectivity index (χ0n) is 16.9. The Balaban J connectivity index is 1.35. The lowest BCUT2D eigenvalue weighted by molar-refractivity contribution is 0.619. The lowest BCUT2D eigenvalue weighted by atomic mass is 10.1. The first kappa shape index (κ1) is 20.1. The minimum absolute atomic E-state index is 0.327. The third-order valence-electron chi connectivity index (χ3n) is 4.59. The number of rotatable bonds is 4. The molecule has 0 atom stereocenters. The lowest BCUT2D eigenvalue weighted by Gasteiger charge is -2.06. The van der Waals surface area contributed by atoms with Crippen molar-refractivity contribution in [2.75, 3.05) is 5.32 Å². The highest BCUT2D eigenvalue weighted by Gasteiger charge is 2.07. The first-order valence-corrected chi connectivity index (χ1v) is 9.79. The van der Waals surface area contributed by atoms with Crippen molar-refractivity contribution in [3.63, 3.8) is 0 Å². The van der Waals surface area contributed by atoms with Crippen LogP contribution in [0.5, 0.6) is 0 Å². The number of halogens is 2. The van der Waals surface area contributed by atoms with E-state index in [0.29, 0.717) is 51.9 Å². The largest absolute Gasteiger partial charge is 0.349 e. The van der Waals surface area contributed by atoms with Gasteiger partial charge >= 0.3 is 0 Å². The highest BCUT2D eigenvalue weighted by atomic mass is 19.1. The van der Waals surface area contributed by atoms with Gasteiger partial charge in [0.1, 0.15) is 28.5 Å². The second-order valence-corrected chi connectivity index (χ2v) is 6.89. The number of fused-ring (bicyclic) bond motifs is 1. The highest BCUT2D eigenvalue weighted by Crippen LogP contribution is 2.17. The Morgan fingerprint density at radius 3 is 2.70 bits per heavy atom. The summed E-state index contributed by atoms with van der Waals surface area (Å²) >= 11 is 0. The molecule has 160 valence electrons. The summed E-state index contributed by atoms with van der Waals surface area (Å²) in [4.78, 5) is 21.3. The van der Waals surface area contributed by atoms with Crippen molar-refractivity contribution in [2.24, 2.45) is 0 Å². The number of benzene rings is 1. The van der Waals surface area contributed by atoms with Crippen LogP contribution >= 0.6 is 0 Å². The van der Waals surface area contributed by atoms with Gasteiger partial charge in [0.05, 0.1) is 24.6 Å². The summed E-state index contributed by atoms with van der Waals surface area (Å²) in [5.74, 6) is 5.73. The molecule has 33 heavy (non-hydrogen) atoms. The van der Waals surface area contributed by atoms with Gasteiger partial charge in [-0.2, -0.15) is 5.10 Å². The van der Waals surface area contributed by atoms with Crippen LogP contribution in [-0.2, 0) is 6.54 Å². The average Bonchev–Trinajstić information content (AvgIpc) is 3.32. The van der Waals surface area contributed by atoms with Gasteiger partial charge in [0.25, 0.3) is 0 Å². The fraction of sp³-hybridized carbons (Fsp3) is 0.0435. The SMILES string of the molecule is Fc1ccc(CNc2nccc(-c3nccc(C#Cc4cc(F)c5[nH]ncc5c4)n3)n2)nc1. The van der Waals surface area contributed by atoms with Gasteiger partial charge in [-0.15, -0.1) is 0 Å². The van der Waals surface area contributed by atoms with Gasteiger partial charge in [-0.25, -0.2) is 28.7 Å². The fourth-order valence-electron chi connectivity index (χ4n) is 3.02. The number of aromatic nitrogens is 7. The van der Waals surface area contributed by atoms with Gasteiger partial charge < -0.3 is 5.32 Å². The summed E-state index contributed by atoms with van der Waals surface area (Å²) in [5.41, 5.74) is 2.44. The molecule has 1 aromatic carbocycles. The Bertz CT molecular complexity index is 1500. The van der Waals surface area contributed by atoms with Crippen LogP contribution in [0.2, 0.25) is 0 Å². The molecular weight excluding hydrogens is 426 g/mol. The molecule has 0 saturated heterocycles. The van der Waals surface area contributed by atoms with Crippen molar-refractivity contribution in [1.29, 1.82) is 0 Å². The van der Waals surface area contributed by atoms with Crippen LogP contribution in [0.25, 0.3) is 22.4 Å². The number of nitrogens with zero attached hydrogens (tertiary/aromatic N) is 6. The predicted molar refractivity (Wildman–Crippen MR) is 117 cm³/mol. The van der Waals surface area contributed by atoms with Crippen molar-refractivity contribution >= 4 is 16.9 Å². The number of hydrogen-bond donors (Lipinski definition) is 2. The molecule has 0 bridgehead atoms. The summed E-state index contributed by atoms with van der Waals surface area (Å²) in [6.07, 6.45) is 5.84. The van der Waals surface area contributed by atoms with Crippen molar-refractivity contribution in [3.8, 4) is 23.4 Å². The monoisotopic (exact) mass is 440 g/mol. The number of H-pyrrole nitrogens is 1. The van der Waals surface area contributed by atoms with Crippen LogP contribution in [0, 0.1) is 23.5 Å². The van der Waals surface area contributed by atoms with Gasteiger partial charge in [0.2, 0.25) is 5.95 Å². The van der Waals surface area contributed by atoms with E-state index in [1.807, 2.05) is 0 Å². The molecule has 0 radical (unpaired) electrons. The maximum Gasteiger partial charge on any atom is 0.223 e. The number of nitrogens with one attached hydrogen (secondary N) is 2. The van der Waals surface area contributed by atoms with Crippen LogP contribution < -0.4 is 5.32 Å². The summed E-state index contributed by atoms with van der Waals surface area (Å²) in [6.45, 7) is 0.327. The van der Waals surface area contributed by atoms with Gasteiger partial charge in [-0.3, -0.25) is 10.1 Å². The van der Waals surface area contributed by atoms with Crippen LogP contribution in [0.3, 0.4) is 0 Å². The number of aromatic amines is 1. The van der Waals surface area contributed by atoms with E-state index in [2.05, 4.69) is 52.3 Å². The van der Waals surface area contributed by atoms with E-state index in [-0.39, 0.29) is 0 Å².